The molecule has 0 spiro atoms. The monoisotopic (exact) mass is 536 g/mol. The third kappa shape index (κ3) is 5.55. The van der Waals surface area contributed by atoms with E-state index >= 15 is 0 Å². The summed E-state index contributed by atoms with van der Waals surface area (Å²) in [4.78, 5) is 27.0. The van der Waals surface area contributed by atoms with Gasteiger partial charge in [-0.05, 0) is 60.6 Å². The first-order valence-corrected chi connectivity index (χ1v) is 12.0. The smallest absolute Gasteiger partial charge is 0.270 e. The van der Waals surface area contributed by atoms with Gasteiger partial charge in [0.2, 0.25) is 0 Å². The molecule has 3 aromatic carbocycles. The fourth-order valence-corrected chi connectivity index (χ4v) is 4.30. The average Bonchev–Trinajstić information content (AvgIpc) is 2.87. The molecular formula is C28H22ClFN2O4S. The normalized spacial score (nSPS) is 14.5. The second-order valence-electron chi connectivity index (χ2n) is 7.99. The van der Waals surface area contributed by atoms with Crippen molar-refractivity contribution in [1.29, 1.82) is 0 Å². The molecule has 0 radical (unpaired) electrons. The van der Waals surface area contributed by atoms with Gasteiger partial charge in [-0.25, -0.2) is 9.29 Å². The van der Waals surface area contributed by atoms with Crippen LogP contribution in [0.2, 0.25) is 5.02 Å². The number of ether oxygens (including phenoxy) is 2. The van der Waals surface area contributed by atoms with Crippen molar-refractivity contribution in [3.63, 3.8) is 0 Å². The van der Waals surface area contributed by atoms with E-state index in [1.807, 2.05) is 18.2 Å². The predicted molar refractivity (Wildman–Crippen MR) is 145 cm³/mol. The van der Waals surface area contributed by atoms with Crippen molar-refractivity contribution < 1.29 is 23.5 Å². The van der Waals surface area contributed by atoms with Gasteiger partial charge in [0.15, 0.2) is 16.6 Å². The molecule has 6 nitrogen and oxygen atoms in total. The molecule has 0 bridgehead atoms. The van der Waals surface area contributed by atoms with E-state index in [0.717, 1.165) is 16.0 Å². The van der Waals surface area contributed by atoms with Crippen molar-refractivity contribution in [1.82, 2.24) is 5.32 Å². The van der Waals surface area contributed by atoms with Crippen molar-refractivity contribution in [3.05, 3.63) is 106 Å². The lowest BCUT2D eigenvalue weighted by Crippen LogP contribution is -2.54. The van der Waals surface area contributed by atoms with E-state index in [2.05, 4.69) is 11.9 Å². The van der Waals surface area contributed by atoms with E-state index in [1.165, 1.54) is 31.4 Å². The largest absolute Gasteiger partial charge is 0.493 e. The number of carbonyl (C=O) groups excluding carboxylic acids is 2. The van der Waals surface area contributed by atoms with Gasteiger partial charge in [0.05, 0.1) is 12.8 Å². The maximum absolute atomic E-state index is 14.4. The van der Waals surface area contributed by atoms with E-state index in [9.17, 15) is 14.0 Å². The Balaban J connectivity index is 1.72. The number of carbonyl (C=O) groups is 2. The minimum atomic E-state index is -0.748. The molecule has 1 heterocycles. The van der Waals surface area contributed by atoms with Crippen LogP contribution in [0.15, 0.2) is 78.9 Å². The summed E-state index contributed by atoms with van der Waals surface area (Å²) in [5.41, 5.74) is 1.75. The highest BCUT2D eigenvalue weighted by atomic mass is 35.5. The molecule has 0 saturated carbocycles. The molecule has 0 aliphatic carbocycles. The Labute approximate surface area is 223 Å². The number of thiocarbonyl (C=S) groups is 1. The molecule has 1 aliphatic heterocycles. The van der Waals surface area contributed by atoms with Gasteiger partial charge >= 0.3 is 0 Å². The first-order valence-electron chi connectivity index (χ1n) is 11.2. The summed E-state index contributed by atoms with van der Waals surface area (Å²) < 4.78 is 26.1. The summed E-state index contributed by atoms with van der Waals surface area (Å²) in [5, 5.41) is 2.83. The highest BCUT2D eigenvalue weighted by molar-refractivity contribution is 7.80. The fourth-order valence-electron chi connectivity index (χ4n) is 3.83. The number of nitrogens with zero attached hydrogens (tertiary/aromatic N) is 1. The number of hydrogen-bond acceptors (Lipinski definition) is 5. The van der Waals surface area contributed by atoms with Gasteiger partial charge in [-0.1, -0.05) is 48.0 Å². The summed E-state index contributed by atoms with van der Waals surface area (Å²) in [6.45, 7) is 4.01. The number of amides is 2. The molecule has 0 atom stereocenters. The number of rotatable bonds is 8. The van der Waals surface area contributed by atoms with Crippen molar-refractivity contribution in [2.45, 2.75) is 13.0 Å². The van der Waals surface area contributed by atoms with Crippen LogP contribution in [0.3, 0.4) is 0 Å². The van der Waals surface area contributed by atoms with Crippen LogP contribution in [-0.2, 0) is 22.6 Å². The number of nitrogens with one attached hydrogen (secondary N) is 1. The van der Waals surface area contributed by atoms with E-state index in [0.29, 0.717) is 28.5 Å². The molecule has 2 amide bonds. The van der Waals surface area contributed by atoms with Gasteiger partial charge in [0, 0.05) is 16.1 Å². The third-order valence-electron chi connectivity index (χ3n) is 5.57. The van der Waals surface area contributed by atoms with Gasteiger partial charge in [-0.2, -0.15) is 0 Å². The SMILES string of the molecule is C=CCc1cc(/C=C2\C(=O)NC(=S)N(c3ccccc3F)C2=O)cc(OC)c1OCc1ccccc1Cl. The number of anilines is 1. The van der Waals surface area contributed by atoms with Crippen LogP contribution < -0.4 is 19.7 Å². The lowest BCUT2D eigenvalue weighted by molar-refractivity contribution is -0.122. The molecule has 0 aromatic heterocycles. The molecule has 1 fully saturated rings. The molecule has 9 heteroatoms. The van der Waals surface area contributed by atoms with Crippen molar-refractivity contribution in [2.75, 3.05) is 12.0 Å². The quantitative estimate of drug-likeness (QED) is 0.175. The Morgan fingerprint density at radius 2 is 1.84 bits per heavy atom. The summed E-state index contributed by atoms with van der Waals surface area (Å²) in [6, 6.07) is 16.4. The van der Waals surface area contributed by atoms with Crippen LogP contribution in [0.25, 0.3) is 6.08 Å². The Morgan fingerprint density at radius 3 is 2.54 bits per heavy atom. The number of allylic oxidation sites excluding steroid dienone is 1. The number of benzene rings is 3. The van der Waals surface area contributed by atoms with Gasteiger partial charge < -0.3 is 9.47 Å². The first-order chi connectivity index (χ1) is 17.8. The average molecular weight is 537 g/mol. The van der Waals surface area contributed by atoms with Crippen LogP contribution in [0.4, 0.5) is 10.1 Å². The number of methoxy groups -OCH3 is 1. The fraction of sp³-hybridized carbons (Fsp3) is 0.107. The molecular weight excluding hydrogens is 515 g/mol. The van der Waals surface area contributed by atoms with E-state index < -0.39 is 17.6 Å². The molecule has 3 aromatic rings. The highest BCUT2D eigenvalue weighted by Crippen LogP contribution is 2.36. The van der Waals surface area contributed by atoms with Crippen LogP contribution in [-0.4, -0.2) is 24.0 Å². The lowest BCUT2D eigenvalue weighted by atomic mass is 10.0. The van der Waals surface area contributed by atoms with Gasteiger partial charge in [0.1, 0.15) is 18.0 Å². The second-order valence-corrected chi connectivity index (χ2v) is 8.79. The number of halogens is 2. The van der Waals surface area contributed by atoms with Crippen LogP contribution >= 0.6 is 23.8 Å². The van der Waals surface area contributed by atoms with E-state index in [-0.39, 0.29) is 23.0 Å². The lowest BCUT2D eigenvalue weighted by Gasteiger charge is -2.29. The maximum Gasteiger partial charge on any atom is 0.270 e. The third-order valence-corrected chi connectivity index (χ3v) is 6.23. The predicted octanol–water partition coefficient (Wildman–Crippen LogP) is 5.63. The number of hydrogen-bond donors (Lipinski definition) is 1. The summed E-state index contributed by atoms with van der Waals surface area (Å²) >= 11 is 11.4. The van der Waals surface area contributed by atoms with Crippen molar-refractivity contribution in [2.24, 2.45) is 0 Å². The Hall–Kier alpha value is -4.01. The van der Waals surface area contributed by atoms with E-state index in [1.54, 1.807) is 30.3 Å². The topological polar surface area (TPSA) is 67.9 Å². The van der Waals surface area contributed by atoms with Crippen molar-refractivity contribution >= 4 is 52.5 Å². The molecule has 37 heavy (non-hydrogen) atoms. The van der Waals surface area contributed by atoms with Crippen LogP contribution in [0.1, 0.15) is 16.7 Å². The molecule has 188 valence electrons. The maximum atomic E-state index is 14.4. The molecule has 1 saturated heterocycles. The summed E-state index contributed by atoms with van der Waals surface area (Å²) in [6.07, 6.45) is 3.53. The Morgan fingerprint density at radius 1 is 1.11 bits per heavy atom. The molecule has 4 rings (SSSR count). The molecule has 1 aliphatic rings. The van der Waals surface area contributed by atoms with E-state index in [4.69, 9.17) is 33.3 Å². The summed E-state index contributed by atoms with van der Waals surface area (Å²) in [7, 11) is 1.49. The molecule has 1 N–H and O–H groups in total. The van der Waals surface area contributed by atoms with Gasteiger partial charge in [-0.3, -0.25) is 14.9 Å². The Kier molecular flexibility index (Phi) is 8.01. The minimum absolute atomic E-state index is 0.0587. The van der Waals surface area contributed by atoms with Gasteiger partial charge in [-0.15, -0.1) is 6.58 Å². The minimum Gasteiger partial charge on any atom is -0.493 e. The first kappa shape index (κ1) is 26.1. The zero-order valence-corrected chi connectivity index (χ0v) is 21.4. The highest BCUT2D eigenvalue weighted by Gasteiger charge is 2.35. The van der Waals surface area contributed by atoms with Crippen molar-refractivity contribution in [3.8, 4) is 11.5 Å². The Bertz CT molecular complexity index is 1440. The van der Waals surface area contributed by atoms with Crippen LogP contribution in [0.5, 0.6) is 11.5 Å². The van der Waals surface area contributed by atoms with Crippen LogP contribution in [0, 0.1) is 5.82 Å². The number of para-hydroxylation sites is 1. The zero-order chi connectivity index (χ0) is 26.5. The van der Waals surface area contributed by atoms with Gasteiger partial charge in [0.25, 0.3) is 11.8 Å². The standard InChI is InChI=1S/C28H22ClFN2O4S/c1-3-8-18-13-17(15-24(35-2)25(18)36-16-19-9-4-5-10-21(19)29)14-20-26(33)31-28(37)32(27(20)34)23-12-7-6-11-22(23)30/h3-7,9-15H,1,8,16H2,2H3,(H,31,33,37)/b20-14+. The second kappa shape index (κ2) is 11.4. The zero-order valence-electron chi connectivity index (χ0n) is 19.8. The summed E-state index contributed by atoms with van der Waals surface area (Å²) in [5.74, 6) is -1.21. The molecule has 0 unspecified atom stereocenters.